The number of Topliss-reactive ketones (excluding diaryl/α,β-unsaturated/α-hetero) is 1. The third-order valence-electron chi connectivity index (χ3n) is 2.38. The van der Waals surface area contributed by atoms with Crippen LogP contribution in [0.3, 0.4) is 0 Å². The predicted octanol–water partition coefficient (Wildman–Crippen LogP) is 2.59. The van der Waals surface area contributed by atoms with E-state index in [1.165, 1.54) is 19.2 Å². The monoisotopic (exact) mass is 253 g/mol. The average Bonchev–Trinajstić information content (AvgIpc) is 2.37. The molecule has 6 heteroatoms. The van der Waals surface area contributed by atoms with Crippen molar-refractivity contribution < 1.29 is 19.2 Å². The first-order valence-corrected chi connectivity index (χ1v) is 5.57. The van der Waals surface area contributed by atoms with E-state index in [1.54, 1.807) is 13.8 Å². The number of ketones is 1. The van der Waals surface area contributed by atoms with E-state index in [9.17, 15) is 14.9 Å². The topological polar surface area (TPSA) is 78.7 Å². The summed E-state index contributed by atoms with van der Waals surface area (Å²) in [6.45, 7) is 3.77. The Bertz CT molecular complexity index is 470. The van der Waals surface area contributed by atoms with Gasteiger partial charge in [0.25, 0.3) is 0 Å². The molecule has 0 N–H and O–H groups in total. The SMILES string of the molecule is CCOc1cc(C(=O)CC)cc([N+](=O)[O-])c1OC. The van der Waals surface area contributed by atoms with Crippen LogP contribution in [0.15, 0.2) is 12.1 Å². The number of benzene rings is 1. The highest BCUT2D eigenvalue weighted by Crippen LogP contribution is 2.38. The minimum Gasteiger partial charge on any atom is -0.490 e. The summed E-state index contributed by atoms with van der Waals surface area (Å²) in [6, 6.07) is 2.69. The van der Waals surface area contributed by atoms with Crippen LogP contribution in [0.5, 0.6) is 11.5 Å². The predicted molar refractivity (Wildman–Crippen MR) is 65.4 cm³/mol. The molecule has 0 spiro atoms. The maximum absolute atomic E-state index is 11.6. The van der Waals surface area contributed by atoms with Crippen molar-refractivity contribution in [2.75, 3.05) is 13.7 Å². The van der Waals surface area contributed by atoms with E-state index in [4.69, 9.17) is 9.47 Å². The summed E-state index contributed by atoms with van der Waals surface area (Å²) < 4.78 is 10.3. The summed E-state index contributed by atoms with van der Waals surface area (Å²) in [7, 11) is 1.33. The van der Waals surface area contributed by atoms with E-state index in [1.807, 2.05) is 0 Å². The lowest BCUT2D eigenvalue weighted by Crippen LogP contribution is -2.04. The minimum atomic E-state index is -0.589. The Hall–Kier alpha value is -2.11. The van der Waals surface area contributed by atoms with Crippen molar-refractivity contribution in [3.8, 4) is 11.5 Å². The molecular weight excluding hydrogens is 238 g/mol. The molecule has 1 rings (SSSR count). The fourth-order valence-electron chi connectivity index (χ4n) is 1.56. The number of hydrogen-bond acceptors (Lipinski definition) is 5. The zero-order valence-electron chi connectivity index (χ0n) is 10.6. The lowest BCUT2D eigenvalue weighted by Gasteiger charge is -2.11. The molecule has 0 aromatic heterocycles. The van der Waals surface area contributed by atoms with Gasteiger partial charge in [0.2, 0.25) is 5.75 Å². The summed E-state index contributed by atoms with van der Waals surface area (Å²) in [5, 5.41) is 11.0. The van der Waals surface area contributed by atoms with Crippen molar-refractivity contribution in [2.45, 2.75) is 20.3 Å². The molecule has 6 nitrogen and oxygen atoms in total. The number of carbonyl (C=O) groups excluding carboxylic acids is 1. The third-order valence-corrected chi connectivity index (χ3v) is 2.38. The molecule has 98 valence electrons. The van der Waals surface area contributed by atoms with Crippen LogP contribution in [0.2, 0.25) is 0 Å². The first kappa shape index (κ1) is 14.0. The van der Waals surface area contributed by atoms with Crippen molar-refractivity contribution in [3.05, 3.63) is 27.8 Å². The second-order valence-electron chi connectivity index (χ2n) is 3.49. The van der Waals surface area contributed by atoms with Crippen molar-refractivity contribution in [1.82, 2.24) is 0 Å². The highest BCUT2D eigenvalue weighted by atomic mass is 16.6. The number of methoxy groups -OCH3 is 1. The molecule has 18 heavy (non-hydrogen) atoms. The quantitative estimate of drug-likeness (QED) is 0.442. The van der Waals surface area contributed by atoms with Gasteiger partial charge in [-0.05, 0) is 13.0 Å². The Morgan fingerprint density at radius 1 is 1.39 bits per heavy atom. The van der Waals surface area contributed by atoms with Crippen LogP contribution in [0, 0.1) is 10.1 Å². The van der Waals surface area contributed by atoms with Crippen LogP contribution in [-0.2, 0) is 0 Å². The van der Waals surface area contributed by atoms with Crippen LogP contribution >= 0.6 is 0 Å². The van der Waals surface area contributed by atoms with Crippen LogP contribution in [0.25, 0.3) is 0 Å². The molecular formula is C12H15NO5. The number of carbonyl (C=O) groups is 1. The van der Waals surface area contributed by atoms with Crippen molar-refractivity contribution in [2.24, 2.45) is 0 Å². The standard InChI is InChI=1S/C12H15NO5/c1-4-10(14)8-6-9(13(15)16)12(17-3)11(7-8)18-5-2/h6-7H,4-5H2,1-3H3. The summed E-state index contributed by atoms with van der Waals surface area (Å²) in [6.07, 6.45) is 0.273. The molecule has 0 radical (unpaired) electrons. The summed E-state index contributed by atoms with van der Waals surface area (Å²) in [5.41, 5.74) is -0.00583. The molecule has 0 saturated carbocycles. The largest absolute Gasteiger partial charge is 0.490 e. The van der Waals surface area contributed by atoms with Crippen molar-refractivity contribution in [1.29, 1.82) is 0 Å². The number of nitro groups is 1. The zero-order chi connectivity index (χ0) is 13.7. The van der Waals surface area contributed by atoms with Gasteiger partial charge >= 0.3 is 5.69 Å². The Morgan fingerprint density at radius 3 is 2.50 bits per heavy atom. The number of hydrogen-bond donors (Lipinski definition) is 0. The van der Waals surface area contributed by atoms with E-state index < -0.39 is 4.92 Å². The molecule has 0 aliphatic heterocycles. The van der Waals surface area contributed by atoms with E-state index in [-0.39, 0.29) is 35.0 Å². The molecule has 0 aliphatic rings. The van der Waals surface area contributed by atoms with Crippen LogP contribution < -0.4 is 9.47 Å². The molecule has 1 aromatic rings. The second kappa shape index (κ2) is 6.00. The molecule has 0 saturated heterocycles. The van der Waals surface area contributed by atoms with Crippen LogP contribution in [-0.4, -0.2) is 24.4 Å². The maximum Gasteiger partial charge on any atom is 0.315 e. The molecule has 1 aromatic carbocycles. The smallest absolute Gasteiger partial charge is 0.315 e. The van der Waals surface area contributed by atoms with E-state index in [0.717, 1.165) is 0 Å². The van der Waals surface area contributed by atoms with Crippen molar-refractivity contribution in [3.63, 3.8) is 0 Å². The Balaban J connectivity index is 3.43. The van der Waals surface area contributed by atoms with Gasteiger partial charge in [-0.2, -0.15) is 0 Å². The molecule has 0 amide bonds. The van der Waals surface area contributed by atoms with Crippen molar-refractivity contribution >= 4 is 11.5 Å². The van der Waals surface area contributed by atoms with E-state index in [2.05, 4.69) is 0 Å². The summed E-state index contributed by atoms with van der Waals surface area (Å²) in [4.78, 5) is 22.0. The summed E-state index contributed by atoms with van der Waals surface area (Å²) >= 11 is 0. The van der Waals surface area contributed by atoms with E-state index in [0.29, 0.717) is 6.61 Å². The zero-order valence-corrected chi connectivity index (χ0v) is 10.6. The first-order chi connectivity index (χ1) is 8.54. The number of ether oxygens (including phenoxy) is 2. The number of nitro benzene ring substituents is 1. The molecule has 0 heterocycles. The lowest BCUT2D eigenvalue weighted by molar-refractivity contribution is -0.385. The Kier molecular flexibility index (Phi) is 4.65. The van der Waals surface area contributed by atoms with Gasteiger partial charge in [-0.1, -0.05) is 6.92 Å². The molecule has 0 atom stereocenters. The minimum absolute atomic E-state index is 0.0366. The van der Waals surface area contributed by atoms with Crippen LogP contribution in [0.4, 0.5) is 5.69 Å². The summed E-state index contributed by atoms with van der Waals surface area (Å²) in [5.74, 6) is 0.0715. The fraction of sp³-hybridized carbons (Fsp3) is 0.417. The average molecular weight is 253 g/mol. The molecule has 0 fully saturated rings. The highest BCUT2D eigenvalue weighted by Gasteiger charge is 2.23. The van der Waals surface area contributed by atoms with Gasteiger partial charge in [0.15, 0.2) is 11.5 Å². The van der Waals surface area contributed by atoms with Gasteiger partial charge in [-0.25, -0.2) is 0 Å². The highest BCUT2D eigenvalue weighted by molar-refractivity contribution is 5.97. The van der Waals surface area contributed by atoms with Gasteiger partial charge in [0.05, 0.1) is 18.6 Å². The Morgan fingerprint density at radius 2 is 2.06 bits per heavy atom. The van der Waals surface area contributed by atoms with E-state index >= 15 is 0 Å². The van der Waals surface area contributed by atoms with Gasteiger partial charge in [-0.3, -0.25) is 14.9 Å². The Labute approximate surface area is 105 Å². The van der Waals surface area contributed by atoms with Crippen LogP contribution in [0.1, 0.15) is 30.6 Å². The number of nitrogens with zero attached hydrogens (tertiary/aromatic N) is 1. The number of rotatable bonds is 6. The van der Waals surface area contributed by atoms with Gasteiger partial charge in [0.1, 0.15) is 0 Å². The lowest BCUT2D eigenvalue weighted by atomic mass is 10.1. The molecule has 0 unspecified atom stereocenters. The van der Waals surface area contributed by atoms with Gasteiger partial charge < -0.3 is 9.47 Å². The van der Waals surface area contributed by atoms with Gasteiger partial charge in [-0.15, -0.1) is 0 Å². The second-order valence-corrected chi connectivity index (χ2v) is 3.49. The fourth-order valence-corrected chi connectivity index (χ4v) is 1.56. The maximum atomic E-state index is 11.6. The normalized spacial score (nSPS) is 9.94. The van der Waals surface area contributed by atoms with Gasteiger partial charge in [0, 0.05) is 18.1 Å². The third kappa shape index (κ3) is 2.77. The first-order valence-electron chi connectivity index (χ1n) is 5.57. The molecule has 0 aliphatic carbocycles. The molecule has 0 bridgehead atoms.